The maximum Gasteiger partial charge on any atom is 0.261 e. The van der Waals surface area contributed by atoms with Crippen molar-refractivity contribution in [3.05, 3.63) is 17.7 Å². The van der Waals surface area contributed by atoms with Crippen molar-refractivity contribution < 1.29 is 19.0 Å². The van der Waals surface area contributed by atoms with Crippen LogP contribution in [0.5, 0.6) is 17.2 Å². The van der Waals surface area contributed by atoms with Gasteiger partial charge in [-0.15, -0.1) is 10.2 Å². The highest BCUT2D eigenvalue weighted by Gasteiger charge is 2.19. The number of ether oxygens (including phenoxy) is 3. The lowest BCUT2D eigenvalue weighted by molar-refractivity contribution is 0.102. The van der Waals surface area contributed by atoms with E-state index in [-0.39, 0.29) is 5.91 Å². The van der Waals surface area contributed by atoms with Gasteiger partial charge in [-0.3, -0.25) is 10.1 Å². The molecule has 2 rings (SSSR count). The van der Waals surface area contributed by atoms with E-state index in [2.05, 4.69) is 15.5 Å². The Morgan fingerprint density at radius 1 is 1.13 bits per heavy atom. The molecule has 9 heteroatoms. The van der Waals surface area contributed by atoms with Crippen LogP contribution in [0.3, 0.4) is 0 Å². The third-order valence-corrected chi connectivity index (χ3v) is 4.70. The van der Waals surface area contributed by atoms with Crippen LogP contribution in [-0.4, -0.2) is 43.2 Å². The summed E-state index contributed by atoms with van der Waals surface area (Å²) in [6.07, 6.45) is 0. The monoisotopic (exact) mass is 355 g/mol. The number of anilines is 1. The maximum absolute atomic E-state index is 12.5. The Bertz CT molecular complexity index is 691. The summed E-state index contributed by atoms with van der Waals surface area (Å²) in [7, 11) is 4.51. The zero-order valence-electron chi connectivity index (χ0n) is 13.2. The van der Waals surface area contributed by atoms with Gasteiger partial charge in [-0.25, -0.2) is 0 Å². The van der Waals surface area contributed by atoms with E-state index in [4.69, 9.17) is 14.2 Å². The molecule has 0 radical (unpaired) electrons. The molecule has 0 bridgehead atoms. The summed E-state index contributed by atoms with van der Waals surface area (Å²) in [5, 5.41) is 11.1. The first-order valence-corrected chi connectivity index (χ1v) is 8.50. The maximum atomic E-state index is 12.5. The fourth-order valence-electron chi connectivity index (χ4n) is 1.81. The number of amides is 1. The average molecular weight is 355 g/mol. The topological polar surface area (TPSA) is 82.6 Å². The van der Waals surface area contributed by atoms with Gasteiger partial charge in [-0.2, -0.15) is 0 Å². The first kappa shape index (κ1) is 17.4. The SMILES string of the molecule is CCSc1nnc(NC(=O)c2cc(OC)c(OC)cc2OC)s1. The van der Waals surface area contributed by atoms with E-state index in [1.807, 2.05) is 6.92 Å². The Balaban J connectivity index is 2.26. The second-order valence-corrected chi connectivity index (χ2v) is 6.66. The van der Waals surface area contributed by atoms with E-state index in [1.54, 1.807) is 23.9 Å². The van der Waals surface area contributed by atoms with Crippen LogP contribution < -0.4 is 19.5 Å². The van der Waals surface area contributed by atoms with Gasteiger partial charge in [0, 0.05) is 12.1 Å². The van der Waals surface area contributed by atoms with Gasteiger partial charge in [-0.1, -0.05) is 30.0 Å². The number of hydrogen-bond donors (Lipinski definition) is 1. The molecule has 1 aromatic heterocycles. The number of benzene rings is 1. The van der Waals surface area contributed by atoms with Crippen molar-refractivity contribution in [1.82, 2.24) is 10.2 Å². The molecule has 1 amide bonds. The van der Waals surface area contributed by atoms with E-state index in [9.17, 15) is 4.79 Å². The molecule has 124 valence electrons. The van der Waals surface area contributed by atoms with Crippen molar-refractivity contribution in [2.75, 3.05) is 32.4 Å². The lowest BCUT2D eigenvalue weighted by Crippen LogP contribution is -2.13. The van der Waals surface area contributed by atoms with Crippen molar-refractivity contribution in [2.45, 2.75) is 11.3 Å². The molecule has 0 unspecified atom stereocenters. The molecule has 0 aliphatic rings. The van der Waals surface area contributed by atoms with E-state index >= 15 is 0 Å². The molecule has 0 aliphatic heterocycles. The highest BCUT2D eigenvalue weighted by molar-refractivity contribution is 8.01. The highest BCUT2D eigenvalue weighted by atomic mass is 32.2. The van der Waals surface area contributed by atoms with Crippen LogP contribution in [0.15, 0.2) is 16.5 Å². The first-order chi connectivity index (χ1) is 11.1. The first-order valence-electron chi connectivity index (χ1n) is 6.70. The average Bonchev–Trinajstić information content (AvgIpc) is 3.00. The summed E-state index contributed by atoms with van der Waals surface area (Å²) in [6.45, 7) is 2.03. The predicted molar refractivity (Wildman–Crippen MR) is 90.4 cm³/mol. The molecule has 7 nitrogen and oxygen atoms in total. The van der Waals surface area contributed by atoms with Gasteiger partial charge in [-0.05, 0) is 5.75 Å². The number of aromatic nitrogens is 2. The van der Waals surface area contributed by atoms with Crippen LogP contribution >= 0.6 is 23.1 Å². The molecular formula is C14H17N3O4S2. The number of carbonyl (C=O) groups is 1. The summed E-state index contributed by atoms with van der Waals surface area (Å²) < 4.78 is 16.5. The fraction of sp³-hybridized carbons (Fsp3) is 0.357. The smallest absolute Gasteiger partial charge is 0.261 e. The Labute approximate surface area is 142 Å². The largest absolute Gasteiger partial charge is 0.496 e. The minimum absolute atomic E-state index is 0.324. The van der Waals surface area contributed by atoms with Crippen LogP contribution in [0.25, 0.3) is 0 Å². The number of nitrogens with one attached hydrogen (secondary N) is 1. The molecule has 0 saturated heterocycles. The molecule has 2 aromatic rings. The lowest BCUT2D eigenvalue weighted by atomic mass is 10.1. The minimum Gasteiger partial charge on any atom is -0.496 e. The summed E-state index contributed by atoms with van der Waals surface area (Å²) in [5.74, 6) is 1.85. The van der Waals surface area contributed by atoms with E-state index in [1.165, 1.54) is 32.7 Å². The Morgan fingerprint density at radius 2 is 1.78 bits per heavy atom. The second kappa shape index (κ2) is 8.02. The van der Waals surface area contributed by atoms with Gasteiger partial charge >= 0.3 is 0 Å². The molecule has 23 heavy (non-hydrogen) atoms. The standard InChI is InChI=1S/C14H17N3O4S2/c1-5-22-14-17-16-13(23-14)15-12(18)8-6-10(20-3)11(21-4)7-9(8)19-2/h6-7H,5H2,1-4H3,(H,15,16,18). The molecule has 0 fully saturated rings. The van der Waals surface area contributed by atoms with Crippen LogP contribution in [-0.2, 0) is 0 Å². The molecule has 1 heterocycles. The minimum atomic E-state index is -0.355. The number of thioether (sulfide) groups is 1. The number of methoxy groups -OCH3 is 3. The predicted octanol–water partition coefficient (Wildman–Crippen LogP) is 2.93. The molecule has 0 atom stereocenters. The quantitative estimate of drug-likeness (QED) is 0.604. The second-order valence-electron chi connectivity index (χ2n) is 4.17. The van der Waals surface area contributed by atoms with Gasteiger partial charge in [0.15, 0.2) is 15.8 Å². The summed E-state index contributed by atoms with van der Waals surface area (Å²) in [4.78, 5) is 12.5. The summed E-state index contributed by atoms with van der Waals surface area (Å²) in [6, 6.07) is 3.17. The fourth-order valence-corrected chi connectivity index (χ4v) is 3.46. The van der Waals surface area contributed by atoms with Gasteiger partial charge in [0.2, 0.25) is 5.13 Å². The van der Waals surface area contributed by atoms with Crippen molar-refractivity contribution in [3.8, 4) is 17.2 Å². The summed E-state index contributed by atoms with van der Waals surface area (Å²) >= 11 is 2.89. The van der Waals surface area contributed by atoms with Crippen molar-refractivity contribution in [2.24, 2.45) is 0 Å². The molecule has 0 spiro atoms. The Kier molecular flexibility index (Phi) is 6.05. The van der Waals surface area contributed by atoms with E-state index in [0.29, 0.717) is 27.9 Å². The van der Waals surface area contributed by atoms with Crippen LogP contribution in [0.2, 0.25) is 0 Å². The Morgan fingerprint density at radius 3 is 2.39 bits per heavy atom. The van der Waals surface area contributed by atoms with Gasteiger partial charge in [0.1, 0.15) is 5.75 Å². The highest BCUT2D eigenvalue weighted by Crippen LogP contribution is 2.35. The van der Waals surface area contributed by atoms with Gasteiger partial charge in [0.25, 0.3) is 5.91 Å². The van der Waals surface area contributed by atoms with E-state index in [0.717, 1.165) is 10.1 Å². The van der Waals surface area contributed by atoms with Crippen molar-refractivity contribution >= 4 is 34.1 Å². The number of nitrogens with zero attached hydrogens (tertiary/aromatic N) is 2. The Hall–Kier alpha value is -2.00. The third-order valence-electron chi connectivity index (χ3n) is 2.85. The molecule has 1 N–H and O–H groups in total. The number of carbonyl (C=O) groups excluding carboxylic acids is 1. The normalized spacial score (nSPS) is 10.3. The van der Waals surface area contributed by atoms with Gasteiger partial charge in [0.05, 0.1) is 26.9 Å². The van der Waals surface area contributed by atoms with Gasteiger partial charge < -0.3 is 14.2 Å². The molecule has 0 saturated carbocycles. The third kappa shape index (κ3) is 4.05. The van der Waals surface area contributed by atoms with Crippen molar-refractivity contribution in [1.29, 1.82) is 0 Å². The van der Waals surface area contributed by atoms with E-state index < -0.39 is 0 Å². The molecular weight excluding hydrogens is 338 g/mol. The molecule has 0 aliphatic carbocycles. The lowest BCUT2D eigenvalue weighted by Gasteiger charge is -2.13. The van der Waals surface area contributed by atoms with Crippen LogP contribution in [0, 0.1) is 0 Å². The van der Waals surface area contributed by atoms with Crippen LogP contribution in [0.4, 0.5) is 5.13 Å². The summed E-state index contributed by atoms with van der Waals surface area (Å²) in [5.41, 5.74) is 0.324. The number of hydrogen-bond acceptors (Lipinski definition) is 8. The van der Waals surface area contributed by atoms with Crippen molar-refractivity contribution in [3.63, 3.8) is 0 Å². The zero-order chi connectivity index (χ0) is 16.8. The van der Waals surface area contributed by atoms with Crippen LogP contribution in [0.1, 0.15) is 17.3 Å². The number of rotatable bonds is 7. The zero-order valence-corrected chi connectivity index (χ0v) is 14.8. The molecule has 1 aromatic carbocycles.